The number of likely N-dealkylation sites (N-methyl/N-ethyl adjacent to an activating group) is 1. The van der Waals surface area contributed by atoms with E-state index in [4.69, 9.17) is 9.84 Å². The number of rotatable bonds is 8. The molecular formula is C26H30N2O5. The largest absolute Gasteiger partial charge is 0.480 e. The third-order valence-corrected chi connectivity index (χ3v) is 6.73. The summed E-state index contributed by atoms with van der Waals surface area (Å²) in [6, 6.07) is 16.4. The Morgan fingerprint density at radius 3 is 2.27 bits per heavy atom. The minimum atomic E-state index is -1.01. The minimum Gasteiger partial charge on any atom is -0.480 e. The topological polar surface area (TPSA) is 95.9 Å². The van der Waals surface area contributed by atoms with Crippen molar-refractivity contribution in [2.45, 2.75) is 44.6 Å². The third-order valence-electron chi connectivity index (χ3n) is 6.73. The van der Waals surface area contributed by atoms with Gasteiger partial charge in [-0.25, -0.2) is 4.79 Å². The molecule has 33 heavy (non-hydrogen) atoms. The number of carbonyl (C=O) groups is 3. The molecule has 7 nitrogen and oxygen atoms in total. The van der Waals surface area contributed by atoms with Crippen LogP contribution in [-0.4, -0.2) is 53.7 Å². The molecule has 0 saturated heterocycles. The number of nitrogens with zero attached hydrogens (tertiary/aromatic N) is 1. The van der Waals surface area contributed by atoms with Crippen LogP contribution in [0.4, 0.5) is 4.79 Å². The number of nitrogens with one attached hydrogen (secondary N) is 1. The Morgan fingerprint density at radius 1 is 1.03 bits per heavy atom. The maximum atomic E-state index is 12.5. The number of carboxylic acids is 1. The molecule has 1 saturated carbocycles. The molecule has 2 amide bonds. The first-order valence-electron chi connectivity index (χ1n) is 11.6. The number of fused-ring (bicyclic) bond motifs is 3. The normalized spacial score (nSPS) is 18.9. The molecule has 1 fully saturated rings. The van der Waals surface area contributed by atoms with Crippen LogP contribution in [-0.2, 0) is 14.3 Å². The fourth-order valence-electron chi connectivity index (χ4n) is 5.11. The number of carboxylic acid groups (broad SMARTS) is 1. The Labute approximate surface area is 193 Å². The smallest absolute Gasteiger partial charge is 0.407 e. The second-order valence-corrected chi connectivity index (χ2v) is 8.85. The van der Waals surface area contributed by atoms with Crippen molar-refractivity contribution in [3.8, 4) is 11.1 Å². The van der Waals surface area contributed by atoms with Crippen molar-refractivity contribution in [2.24, 2.45) is 5.92 Å². The highest BCUT2D eigenvalue weighted by Crippen LogP contribution is 2.44. The SMILES string of the molecule is CCN(CC(=O)O)C(=O)C[C@@H]1CC[C@H](NC(=O)OCC2c3ccccc3-c3ccccc32)C1. The van der Waals surface area contributed by atoms with Gasteiger partial charge in [0, 0.05) is 24.9 Å². The Morgan fingerprint density at radius 2 is 1.67 bits per heavy atom. The van der Waals surface area contributed by atoms with Crippen LogP contribution in [0.5, 0.6) is 0 Å². The van der Waals surface area contributed by atoms with Crippen molar-refractivity contribution < 1.29 is 24.2 Å². The molecule has 0 unspecified atom stereocenters. The molecule has 2 atom stereocenters. The summed E-state index contributed by atoms with van der Waals surface area (Å²) in [6.45, 7) is 2.15. The molecule has 0 heterocycles. The van der Waals surface area contributed by atoms with E-state index in [1.807, 2.05) is 24.3 Å². The lowest BCUT2D eigenvalue weighted by molar-refractivity contribution is -0.144. The quantitative estimate of drug-likeness (QED) is 0.633. The standard InChI is InChI=1S/C26H30N2O5/c1-2-28(15-25(30)31)24(29)14-17-11-12-18(13-17)27-26(32)33-16-23-21-9-5-3-7-19(21)20-8-4-6-10-22(20)23/h3-10,17-18,23H,2,11-16H2,1H3,(H,27,32)(H,30,31)/t17-,18+/m1/s1. The first-order valence-corrected chi connectivity index (χ1v) is 11.6. The summed E-state index contributed by atoms with van der Waals surface area (Å²) in [5, 5.41) is 11.9. The lowest BCUT2D eigenvalue weighted by atomic mass is 9.98. The molecule has 0 spiro atoms. The number of amides is 2. The van der Waals surface area contributed by atoms with E-state index >= 15 is 0 Å². The highest BCUT2D eigenvalue weighted by molar-refractivity contribution is 5.81. The van der Waals surface area contributed by atoms with E-state index in [2.05, 4.69) is 29.6 Å². The van der Waals surface area contributed by atoms with Gasteiger partial charge >= 0.3 is 12.1 Å². The van der Waals surface area contributed by atoms with Crippen molar-refractivity contribution in [3.05, 3.63) is 59.7 Å². The first kappa shape index (κ1) is 22.8. The van der Waals surface area contributed by atoms with Gasteiger partial charge in [0.2, 0.25) is 5.91 Å². The van der Waals surface area contributed by atoms with Crippen molar-refractivity contribution in [1.82, 2.24) is 10.2 Å². The van der Waals surface area contributed by atoms with Crippen LogP contribution in [0.25, 0.3) is 11.1 Å². The lowest BCUT2D eigenvalue weighted by Gasteiger charge is -2.21. The zero-order chi connectivity index (χ0) is 23.4. The van der Waals surface area contributed by atoms with Crippen LogP contribution in [0.15, 0.2) is 48.5 Å². The van der Waals surface area contributed by atoms with Crippen LogP contribution in [0.3, 0.4) is 0 Å². The van der Waals surface area contributed by atoms with Crippen molar-refractivity contribution >= 4 is 18.0 Å². The molecule has 0 aliphatic heterocycles. The third kappa shape index (κ3) is 5.18. The number of carbonyl (C=O) groups excluding carboxylic acids is 2. The Hall–Kier alpha value is -3.35. The average molecular weight is 451 g/mol. The highest BCUT2D eigenvalue weighted by Gasteiger charge is 2.31. The molecule has 2 N–H and O–H groups in total. The number of alkyl carbamates (subject to hydrolysis) is 1. The number of benzene rings is 2. The summed E-state index contributed by atoms with van der Waals surface area (Å²) in [5.74, 6) is -0.997. The lowest BCUT2D eigenvalue weighted by Crippen LogP contribution is -2.37. The van der Waals surface area contributed by atoms with Gasteiger partial charge in [-0.2, -0.15) is 0 Å². The van der Waals surface area contributed by atoms with Crippen LogP contribution in [0.2, 0.25) is 0 Å². The predicted molar refractivity (Wildman–Crippen MR) is 124 cm³/mol. The summed E-state index contributed by atoms with van der Waals surface area (Å²) in [7, 11) is 0. The van der Waals surface area contributed by atoms with Gasteiger partial charge in [0.15, 0.2) is 0 Å². The summed E-state index contributed by atoms with van der Waals surface area (Å²) < 4.78 is 5.63. The maximum absolute atomic E-state index is 12.5. The summed E-state index contributed by atoms with van der Waals surface area (Å²) in [4.78, 5) is 37.2. The van der Waals surface area contributed by atoms with E-state index < -0.39 is 12.1 Å². The average Bonchev–Trinajstić information content (AvgIpc) is 3.37. The Kier molecular flexibility index (Phi) is 6.96. The van der Waals surface area contributed by atoms with Gasteiger partial charge in [-0.15, -0.1) is 0 Å². The molecule has 4 rings (SSSR count). The van der Waals surface area contributed by atoms with Gasteiger partial charge in [0.1, 0.15) is 13.2 Å². The molecule has 2 aromatic rings. The number of hydrogen-bond donors (Lipinski definition) is 2. The van der Waals surface area contributed by atoms with Crippen LogP contribution in [0, 0.1) is 5.92 Å². The maximum Gasteiger partial charge on any atom is 0.407 e. The summed E-state index contributed by atoms with van der Waals surface area (Å²) in [5.41, 5.74) is 4.73. The van der Waals surface area contributed by atoms with Gasteiger partial charge in [-0.05, 0) is 54.4 Å². The predicted octanol–water partition coefficient (Wildman–Crippen LogP) is 4.02. The van der Waals surface area contributed by atoms with E-state index in [0.717, 1.165) is 12.8 Å². The Bertz CT molecular complexity index is 991. The minimum absolute atomic E-state index is 0.0198. The van der Waals surface area contributed by atoms with Crippen molar-refractivity contribution in [1.29, 1.82) is 0 Å². The van der Waals surface area contributed by atoms with Gasteiger partial charge in [0.25, 0.3) is 0 Å². The number of hydrogen-bond acceptors (Lipinski definition) is 4. The molecule has 174 valence electrons. The molecule has 7 heteroatoms. The van der Waals surface area contributed by atoms with Gasteiger partial charge in [-0.1, -0.05) is 48.5 Å². The second-order valence-electron chi connectivity index (χ2n) is 8.85. The van der Waals surface area contributed by atoms with Crippen molar-refractivity contribution in [3.63, 3.8) is 0 Å². The van der Waals surface area contributed by atoms with Gasteiger partial charge in [0.05, 0.1) is 0 Å². The Balaban J connectivity index is 1.27. The zero-order valence-corrected chi connectivity index (χ0v) is 18.8. The first-order chi connectivity index (χ1) is 16.0. The summed E-state index contributed by atoms with van der Waals surface area (Å²) >= 11 is 0. The second kappa shape index (κ2) is 10.1. The number of aliphatic carboxylic acids is 1. The van der Waals surface area contributed by atoms with Gasteiger partial charge in [-0.3, -0.25) is 9.59 Å². The van der Waals surface area contributed by atoms with Crippen molar-refractivity contribution in [2.75, 3.05) is 19.7 Å². The summed E-state index contributed by atoms with van der Waals surface area (Å²) in [6.07, 6.45) is 2.18. The van der Waals surface area contributed by atoms with E-state index in [1.165, 1.54) is 27.2 Å². The zero-order valence-electron chi connectivity index (χ0n) is 18.8. The van der Waals surface area contributed by atoms with E-state index in [1.54, 1.807) is 6.92 Å². The molecule has 0 bridgehead atoms. The van der Waals surface area contributed by atoms with Gasteiger partial charge < -0.3 is 20.1 Å². The fraction of sp³-hybridized carbons (Fsp3) is 0.423. The van der Waals surface area contributed by atoms with E-state index in [0.29, 0.717) is 19.4 Å². The van der Waals surface area contributed by atoms with E-state index in [-0.39, 0.29) is 36.9 Å². The molecule has 2 aliphatic rings. The van der Waals surface area contributed by atoms with Crippen LogP contribution < -0.4 is 5.32 Å². The molecular weight excluding hydrogens is 420 g/mol. The van der Waals surface area contributed by atoms with Crippen LogP contribution >= 0.6 is 0 Å². The molecule has 2 aromatic carbocycles. The van der Waals surface area contributed by atoms with E-state index in [9.17, 15) is 14.4 Å². The molecule has 0 radical (unpaired) electrons. The number of ether oxygens (including phenoxy) is 1. The molecule has 2 aliphatic carbocycles. The fourth-order valence-corrected chi connectivity index (χ4v) is 5.11. The highest BCUT2D eigenvalue weighted by atomic mass is 16.5. The monoisotopic (exact) mass is 450 g/mol. The molecule has 0 aromatic heterocycles. The van der Waals surface area contributed by atoms with Crippen LogP contribution in [0.1, 0.15) is 49.7 Å².